The molecular weight excluding hydrogens is 110 g/mol. The molecule has 0 N–H and O–H groups in total. The minimum atomic E-state index is -2.48. The van der Waals surface area contributed by atoms with Gasteiger partial charge >= 0.3 is 0 Å². The van der Waals surface area contributed by atoms with Crippen molar-refractivity contribution in [3.63, 3.8) is 0 Å². The lowest BCUT2D eigenvalue weighted by atomic mass is 10.2. The summed E-state index contributed by atoms with van der Waals surface area (Å²) in [7, 11) is 0. The number of hydrogen-bond donors (Lipinski definition) is 0. The van der Waals surface area contributed by atoms with E-state index in [0.29, 0.717) is 6.42 Å². The Kier molecular flexibility index (Phi) is 2.95. The molecule has 0 fully saturated rings. The van der Waals surface area contributed by atoms with Gasteiger partial charge in [0.2, 0.25) is 5.92 Å². The zero-order chi connectivity index (χ0) is 6.62. The first-order valence-corrected chi connectivity index (χ1v) is 2.72. The van der Waals surface area contributed by atoms with Crippen LogP contribution in [0.1, 0.15) is 26.7 Å². The van der Waals surface area contributed by atoms with Gasteiger partial charge in [0, 0.05) is 6.42 Å². The third kappa shape index (κ3) is 5.86. The molecule has 0 aliphatic rings. The molecule has 0 aromatic rings. The van der Waals surface area contributed by atoms with Crippen LogP contribution in [0.15, 0.2) is 0 Å². The van der Waals surface area contributed by atoms with Crippen molar-refractivity contribution in [2.24, 2.45) is 0 Å². The Hall–Kier alpha value is -0.140. The van der Waals surface area contributed by atoms with Crippen molar-refractivity contribution in [2.45, 2.75) is 32.6 Å². The molecule has 1 radical (unpaired) electrons. The molecule has 2 heteroatoms. The van der Waals surface area contributed by atoms with E-state index in [1.54, 1.807) is 13.3 Å². The fraction of sp³-hybridized carbons (Fsp3) is 0.833. The Balaban J connectivity index is 3.11. The van der Waals surface area contributed by atoms with Gasteiger partial charge in [-0.15, -0.1) is 0 Å². The molecule has 0 saturated heterocycles. The Morgan fingerprint density at radius 1 is 1.50 bits per heavy atom. The fourth-order valence-electron chi connectivity index (χ4n) is 0.398. The minimum absolute atomic E-state index is 0.0243. The first kappa shape index (κ1) is 7.86. The molecule has 0 aliphatic heterocycles. The summed E-state index contributed by atoms with van der Waals surface area (Å²) in [6.07, 6.45) is 2.23. The Morgan fingerprint density at radius 2 is 2.00 bits per heavy atom. The second-order valence-corrected chi connectivity index (χ2v) is 2.02. The third-order valence-electron chi connectivity index (χ3n) is 0.872. The highest BCUT2D eigenvalue weighted by Gasteiger charge is 2.18. The van der Waals surface area contributed by atoms with Crippen molar-refractivity contribution in [3.05, 3.63) is 6.42 Å². The molecule has 0 unspecified atom stereocenters. The zero-order valence-electron chi connectivity index (χ0n) is 5.25. The van der Waals surface area contributed by atoms with Gasteiger partial charge < -0.3 is 0 Å². The molecule has 0 amide bonds. The predicted molar refractivity (Wildman–Crippen MR) is 29.8 cm³/mol. The van der Waals surface area contributed by atoms with Gasteiger partial charge in [0.1, 0.15) is 0 Å². The van der Waals surface area contributed by atoms with E-state index < -0.39 is 5.92 Å². The monoisotopic (exact) mass is 121 g/mol. The van der Waals surface area contributed by atoms with E-state index in [1.807, 2.05) is 0 Å². The van der Waals surface area contributed by atoms with Crippen LogP contribution in [0.4, 0.5) is 8.78 Å². The quantitative estimate of drug-likeness (QED) is 0.538. The second kappa shape index (κ2) is 3.00. The average Bonchev–Trinajstić information content (AvgIpc) is 1.59. The van der Waals surface area contributed by atoms with E-state index in [1.165, 1.54) is 0 Å². The van der Waals surface area contributed by atoms with Gasteiger partial charge in [0.05, 0.1) is 0 Å². The van der Waals surface area contributed by atoms with Gasteiger partial charge in [-0.3, -0.25) is 0 Å². The van der Waals surface area contributed by atoms with Gasteiger partial charge in [0.15, 0.2) is 0 Å². The molecule has 0 aliphatic carbocycles. The maximum atomic E-state index is 11.9. The van der Waals surface area contributed by atoms with E-state index in [0.717, 1.165) is 6.92 Å². The highest BCUT2D eigenvalue weighted by atomic mass is 19.3. The lowest BCUT2D eigenvalue weighted by molar-refractivity contribution is 0.0131. The van der Waals surface area contributed by atoms with E-state index in [2.05, 4.69) is 0 Å². The summed E-state index contributed by atoms with van der Waals surface area (Å²) < 4.78 is 23.8. The largest absolute Gasteiger partial charge is 0.245 e. The van der Waals surface area contributed by atoms with Crippen molar-refractivity contribution in [1.29, 1.82) is 0 Å². The average molecular weight is 121 g/mol. The molecule has 0 rings (SSSR count). The van der Waals surface area contributed by atoms with Crippen LogP contribution < -0.4 is 0 Å². The van der Waals surface area contributed by atoms with Crippen molar-refractivity contribution < 1.29 is 8.78 Å². The molecule has 0 spiro atoms. The molecule has 0 atom stereocenters. The van der Waals surface area contributed by atoms with Crippen LogP contribution >= 0.6 is 0 Å². The van der Waals surface area contributed by atoms with Gasteiger partial charge in [-0.1, -0.05) is 6.92 Å². The van der Waals surface area contributed by atoms with E-state index in [4.69, 9.17) is 0 Å². The number of unbranched alkanes of at least 4 members (excludes halogenated alkanes) is 1. The van der Waals surface area contributed by atoms with Crippen LogP contribution in [0.2, 0.25) is 0 Å². The lowest BCUT2D eigenvalue weighted by Gasteiger charge is -2.06. The van der Waals surface area contributed by atoms with Gasteiger partial charge in [-0.25, -0.2) is 8.78 Å². The number of alkyl halides is 2. The maximum absolute atomic E-state index is 11.9. The molecule has 8 heavy (non-hydrogen) atoms. The smallest absolute Gasteiger partial charge is 0.207 e. The van der Waals surface area contributed by atoms with Gasteiger partial charge in [-0.05, 0) is 19.8 Å². The number of halogens is 2. The summed E-state index contributed by atoms with van der Waals surface area (Å²) >= 11 is 0. The minimum Gasteiger partial charge on any atom is -0.207 e. The highest BCUT2D eigenvalue weighted by molar-refractivity contribution is 4.63. The SMILES string of the molecule is C[CH]CCC(C)(F)F. The van der Waals surface area contributed by atoms with E-state index in [-0.39, 0.29) is 6.42 Å². The molecule has 0 aromatic heterocycles. The normalized spacial score (nSPS) is 12.0. The van der Waals surface area contributed by atoms with E-state index >= 15 is 0 Å². The molecule has 0 saturated carbocycles. The molecule has 0 heterocycles. The summed E-state index contributed by atoms with van der Waals surface area (Å²) in [5.74, 6) is -2.48. The topological polar surface area (TPSA) is 0 Å². The summed E-state index contributed by atoms with van der Waals surface area (Å²) in [5.41, 5.74) is 0. The second-order valence-electron chi connectivity index (χ2n) is 2.02. The lowest BCUT2D eigenvalue weighted by Crippen LogP contribution is -2.08. The van der Waals surface area contributed by atoms with Crippen LogP contribution in [0.5, 0.6) is 0 Å². The summed E-state index contributed by atoms with van der Waals surface area (Å²) in [5, 5.41) is 0. The van der Waals surface area contributed by atoms with Crippen molar-refractivity contribution in [1.82, 2.24) is 0 Å². The highest BCUT2D eigenvalue weighted by Crippen LogP contribution is 2.18. The van der Waals surface area contributed by atoms with Crippen molar-refractivity contribution >= 4 is 0 Å². The van der Waals surface area contributed by atoms with Crippen LogP contribution in [-0.4, -0.2) is 5.92 Å². The molecular formula is C6H11F2. The summed E-state index contributed by atoms with van der Waals surface area (Å²) in [6.45, 7) is 2.72. The Labute approximate surface area is 48.9 Å². The van der Waals surface area contributed by atoms with Crippen LogP contribution in [-0.2, 0) is 0 Å². The Bertz CT molecular complexity index is 54.0. The number of hydrogen-bond acceptors (Lipinski definition) is 0. The molecule has 49 valence electrons. The maximum Gasteiger partial charge on any atom is 0.245 e. The van der Waals surface area contributed by atoms with Crippen LogP contribution in [0.25, 0.3) is 0 Å². The fourth-order valence-corrected chi connectivity index (χ4v) is 0.398. The van der Waals surface area contributed by atoms with E-state index in [9.17, 15) is 8.78 Å². The van der Waals surface area contributed by atoms with Gasteiger partial charge in [0.25, 0.3) is 0 Å². The van der Waals surface area contributed by atoms with Crippen LogP contribution in [0.3, 0.4) is 0 Å². The first-order chi connectivity index (χ1) is 3.56. The van der Waals surface area contributed by atoms with Crippen molar-refractivity contribution in [2.75, 3.05) is 0 Å². The van der Waals surface area contributed by atoms with Crippen molar-refractivity contribution in [3.8, 4) is 0 Å². The van der Waals surface area contributed by atoms with Crippen LogP contribution in [0, 0.1) is 6.42 Å². The zero-order valence-corrected chi connectivity index (χ0v) is 5.25. The molecule has 0 bridgehead atoms. The molecule has 0 aromatic carbocycles. The number of rotatable bonds is 3. The Morgan fingerprint density at radius 3 is 2.12 bits per heavy atom. The van der Waals surface area contributed by atoms with Gasteiger partial charge in [-0.2, -0.15) is 0 Å². The summed E-state index contributed by atoms with van der Waals surface area (Å²) in [4.78, 5) is 0. The first-order valence-electron chi connectivity index (χ1n) is 2.72. The predicted octanol–water partition coefficient (Wildman–Crippen LogP) is 2.65. The standard InChI is InChI=1S/C6H11F2/c1-3-4-5-6(2,7)8/h3H,4-5H2,1-2H3. The summed E-state index contributed by atoms with van der Waals surface area (Å²) in [6, 6.07) is 0. The molecule has 0 nitrogen and oxygen atoms in total. The third-order valence-corrected chi connectivity index (χ3v) is 0.872.